The maximum atomic E-state index is 12.4. The predicted octanol–water partition coefficient (Wildman–Crippen LogP) is 19.0. The van der Waals surface area contributed by atoms with Gasteiger partial charge in [-0.1, -0.05) is 289 Å². The van der Waals surface area contributed by atoms with Gasteiger partial charge in [0, 0.05) is 12.8 Å². The molecule has 0 radical (unpaired) electrons. The highest BCUT2D eigenvalue weighted by atomic mass is 16.5. The number of hydrogen-bond acceptors (Lipinski definition) is 5. The number of carbonyl (C=O) groups excluding carboxylic acids is 2. The van der Waals surface area contributed by atoms with E-state index in [2.05, 4.69) is 31.3 Å². The molecule has 6 heteroatoms. The number of carbonyl (C=O) groups is 2. The van der Waals surface area contributed by atoms with Gasteiger partial charge >= 0.3 is 5.97 Å². The monoisotopic (exact) mass is 958 g/mol. The molecule has 0 spiro atoms. The Bertz CT molecular complexity index is 1060. The van der Waals surface area contributed by atoms with E-state index in [1.807, 2.05) is 6.08 Å². The zero-order valence-corrected chi connectivity index (χ0v) is 45.9. The first-order valence-corrected chi connectivity index (χ1v) is 30.6. The van der Waals surface area contributed by atoms with Gasteiger partial charge in [-0.2, -0.15) is 0 Å². The highest BCUT2D eigenvalue weighted by Crippen LogP contribution is 2.18. The minimum atomic E-state index is -0.841. The van der Waals surface area contributed by atoms with Crippen LogP contribution in [0.3, 0.4) is 0 Å². The summed E-state index contributed by atoms with van der Waals surface area (Å²) in [5.74, 6) is -0.0582. The molecule has 0 aliphatic rings. The van der Waals surface area contributed by atoms with Crippen LogP contribution in [0.25, 0.3) is 0 Å². The fraction of sp³-hybridized carbons (Fsp3) is 0.903. The quantitative estimate of drug-likeness (QED) is 0.0321. The van der Waals surface area contributed by atoms with Crippen LogP contribution in [0.15, 0.2) is 24.3 Å². The van der Waals surface area contributed by atoms with Crippen molar-refractivity contribution in [1.29, 1.82) is 0 Å². The molecule has 0 aliphatic heterocycles. The Morgan fingerprint density at radius 2 is 0.691 bits per heavy atom. The van der Waals surface area contributed by atoms with Crippen LogP contribution < -0.4 is 5.32 Å². The molecule has 0 fully saturated rings. The number of rotatable bonds is 57. The minimum absolute atomic E-state index is 0.00681. The predicted molar refractivity (Wildman–Crippen MR) is 296 cm³/mol. The third kappa shape index (κ3) is 53.7. The summed E-state index contributed by atoms with van der Waals surface area (Å²) in [5.41, 5.74) is 0. The van der Waals surface area contributed by atoms with E-state index in [4.69, 9.17) is 4.74 Å². The third-order valence-corrected chi connectivity index (χ3v) is 14.2. The number of hydrogen-bond donors (Lipinski definition) is 3. The number of amides is 1. The normalized spacial score (nSPS) is 12.7. The van der Waals surface area contributed by atoms with Gasteiger partial charge in [-0.3, -0.25) is 9.59 Å². The second-order valence-corrected chi connectivity index (χ2v) is 21.0. The summed E-state index contributed by atoms with van der Waals surface area (Å²) in [7, 11) is 0. The topological polar surface area (TPSA) is 95.9 Å². The molecule has 0 rings (SSSR count). The number of nitrogens with one attached hydrogen (secondary N) is 1. The van der Waals surface area contributed by atoms with E-state index in [0.717, 1.165) is 44.9 Å². The highest BCUT2D eigenvalue weighted by Gasteiger charge is 2.18. The lowest BCUT2D eigenvalue weighted by molar-refractivity contribution is -0.143. The molecule has 0 heterocycles. The van der Waals surface area contributed by atoms with Gasteiger partial charge in [0.25, 0.3) is 0 Å². The third-order valence-electron chi connectivity index (χ3n) is 14.2. The van der Waals surface area contributed by atoms with Crippen LogP contribution in [-0.4, -0.2) is 47.4 Å². The molecule has 0 aromatic heterocycles. The van der Waals surface area contributed by atoms with Crippen molar-refractivity contribution in [3.8, 4) is 0 Å². The molecule has 0 saturated heterocycles. The molecule has 1 amide bonds. The Hall–Kier alpha value is -1.66. The van der Waals surface area contributed by atoms with E-state index in [1.165, 1.54) is 263 Å². The lowest BCUT2D eigenvalue weighted by Gasteiger charge is -2.20. The molecule has 6 nitrogen and oxygen atoms in total. The molecule has 0 saturated carbocycles. The van der Waals surface area contributed by atoms with Gasteiger partial charge in [-0.25, -0.2) is 0 Å². The second kappa shape index (κ2) is 57.9. The fourth-order valence-electron chi connectivity index (χ4n) is 9.51. The van der Waals surface area contributed by atoms with E-state index in [-0.39, 0.29) is 18.5 Å². The maximum absolute atomic E-state index is 12.4. The molecule has 2 unspecified atom stereocenters. The van der Waals surface area contributed by atoms with E-state index in [0.29, 0.717) is 19.4 Å². The van der Waals surface area contributed by atoms with Gasteiger partial charge in [-0.15, -0.1) is 0 Å². The van der Waals surface area contributed by atoms with Crippen LogP contribution in [0.2, 0.25) is 0 Å². The van der Waals surface area contributed by atoms with Crippen molar-refractivity contribution in [2.75, 3.05) is 13.2 Å². The maximum Gasteiger partial charge on any atom is 0.305 e. The fourth-order valence-corrected chi connectivity index (χ4v) is 9.51. The summed E-state index contributed by atoms with van der Waals surface area (Å²) < 4.78 is 5.47. The van der Waals surface area contributed by atoms with Crippen LogP contribution in [-0.2, 0) is 14.3 Å². The highest BCUT2D eigenvalue weighted by molar-refractivity contribution is 5.76. The van der Waals surface area contributed by atoms with Crippen LogP contribution in [0.4, 0.5) is 0 Å². The van der Waals surface area contributed by atoms with Gasteiger partial charge in [-0.05, 0) is 57.8 Å². The molecule has 0 aromatic carbocycles. The standard InChI is InChI=1S/C62H119NO5/c1-3-5-7-9-11-13-15-31-34-38-42-46-50-54-60(65)59(58-64)63-61(66)55-51-47-43-39-35-32-29-27-25-23-21-19-17-18-20-22-24-26-28-30-33-37-41-45-49-53-57-68-62(67)56-52-48-44-40-36-16-14-12-10-8-6-4-2/h12,14,50,54,59-60,64-65H,3-11,13,15-49,51-53,55-58H2,1-2H3,(H,63,66)/b14-12-,54-50+. The number of allylic oxidation sites excluding steroid dienone is 3. The number of aliphatic hydroxyl groups is 2. The van der Waals surface area contributed by atoms with E-state index in [9.17, 15) is 19.8 Å². The van der Waals surface area contributed by atoms with Crippen molar-refractivity contribution in [1.82, 2.24) is 5.32 Å². The van der Waals surface area contributed by atoms with Crippen molar-refractivity contribution >= 4 is 11.9 Å². The lowest BCUT2D eigenvalue weighted by atomic mass is 10.0. The van der Waals surface area contributed by atoms with Crippen LogP contribution in [0.5, 0.6) is 0 Å². The Labute approximate surface area is 424 Å². The van der Waals surface area contributed by atoms with Crippen molar-refractivity contribution in [3.05, 3.63) is 24.3 Å². The Morgan fingerprint density at radius 3 is 1.07 bits per heavy atom. The molecule has 0 bridgehead atoms. The second-order valence-electron chi connectivity index (χ2n) is 21.0. The molecular weight excluding hydrogens is 839 g/mol. The lowest BCUT2D eigenvalue weighted by Crippen LogP contribution is -2.45. The zero-order chi connectivity index (χ0) is 49.3. The summed E-state index contributed by atoms with van der Waals surface area (Å²) in [6.07, 6.45) is 70.8. The van der Waals surface area contributed by atoms with Crippen molar-refractivity contribution in [2.24, 2.45) is 0 Å². The van der Waals surface area contributed by atoms with Gasteiger partial charge in [0.15, 0.2) is 0 Å². The number of ether oxygens (including phenoxy) is 1. The van der Waals surface area contributed by atoms with Gasteiger partial charge in [0.1, 0.15) is 0 Å². The van der Waals surface area contributed by atoms with Gasteiger partial charge in [0.05, 0.1) is 25.4 Å². The van der Waals surface area contributed by atoms with Crippen molar-refractivity contribution in [3.63, 3.8) is 0 Å². The molecule has 0 aliphatic carbocycles. The first-order chi connectivity index (χ1) is 33.5. The average molecular weight is 959 g/mol. The molecule has 402 valence electrons. The number of unbranched alkanes of at least 4 members (excludes halogenated alkanes) is 44. The smallest absolute Gasteiger partial charge is 0.305 e. The summed E-state index contributed by atoms with van der Waals surface area (Å²) in [6.45, 7) is 4.89. The van der Waals surface area contributed by atoms with Gasteiger partial charge < -0.3 is 20.3 Å². The first kappa shape index (κ1) is 66.3. The SMILES string of the molecule is CCCCC/C=C\CCCCCCCC(=O)OCCCCCCCCCCCCCCCCCCCCCCCCCCCCC(=O)NC(CO)C(O)/C=C/CCCCCCCCCCCCC. The van der Waals surface area contributed by atoms with E-state index < -0.39 is 12.1 Å². The van der Waals surface area contributed by atoms with E-state index >= 15 is 0 Å². The molecular formula is C62H119NO5. The van der Waals surface area contributed by atoms with Crippen LogP contribution in [0.1, 0.15) is 335 Å². The minimum Gasteiger partial charge on any atom is -0.466 e. The largest absolute Gasteiger partial charge is 0.466 e. The molecule has 3 N–H and O–H groups in total. The Kier molecular flexibility index (Phi) is 56.5. The van der Waals surface area contributed by atoms with Crippen LogP contribution in [0, 0.1) is 0 Å². The first-order valence-electron chi connectivity index (χ1n) is 30.6. The molecule has 2 atom stereocenters. The van der Waals surface area contributed by atoms with Gasteiger partial charge in [0.2, 0.25) is 5.91 Å². The summed E-state index contributed by atoms with van der Waals surface area (Å²) in [5, 5.41) is 23.1. The summed E-state index contributed by atoms with van der Waals surface area (Å²) in [4.78, 5) is 24.5. The van der Waals surface area contributed by atoms with Crippen LogP contribution >= 0.6 is 0 Å². The molecule has 68 heavy (non-hydrogen) atoms. The zero-order valence-electron chi connectivity index (χ0n) is 45.9. The summed E-state index contributed by atoms with van der Waals surface area (Å²) in [6, 6.07) is -0.625. The number of aliphatic hydroxyl groups excluding tert-OH is 2. The Morgan fingerprint density at radius 1 is 0.397 bits per heavy atom. The number of esters is 1. The van der Waals surface area contributed by atoms with Crippen molar-refractivity contribution in [2.45, 2.75) is 347 Å². The Balaban J connectivity index is 3.36. The summed E-state index contributed by atoms with van der Waals surface area (Å²) >= 11 is 0. The van der Waals surface area contributed by atoms with E-state index in [1.54, 1.807) is 6.08 Å². The average Bonchev–Trinajstić information content (AvgIpc) is 3.34. The van der Waals surface area contributed by atoms with Crippen molar-refractivity contribution < 1.29 is 24.5 Å². The molecule has 0 aromatic rings.